The molecule has 1 saturated heterocycles. The molecule has 0 spiro atoms. The van der Waals surface area contributed by atoms with Gasteiger partial charge in [-0.3, -0.25) is 14.5 Å². The average Bonchev–Trinajstić information content (AvgIpc) is 3.28. The standard InChI is InChI=1S/C20H25N5O2S/c1-13(24-9-11-25(12-10-24)16-7-2-3-8-22-16)19(27)23-20-17(18(21)26)14-5-4-6-15(14)28-20/h2-3,7-8,13H,4-6,9-12H2,1H3,(H2,21,26)(H,23,27)/t13-/m1/s1. The number of hydrogen-bond acceptors (Lipinski definition) is 6. The number of piperazine rings is 1. The van der Waals surface area contributed by atoms with Crippen molar-refractivity contribution in [1.82, 2.24) is 9.88 Å². The lowest BCUT2D eigenvalue weighted by molar-refractivity contribution is -0.120. The number of nitrogens with one attached hydrogen (secondary N) is 1. The highest BCUT2D eigenvalue weighted by Gasteiger charge is 2.30. The zero-order valence-electron chi connectivity index (χ0n) is 16.0. The number of pyridine rings is 1. The quantitative estimate of drug-likeness (QED) is 0.801. The monoisotopic (exact) mass is 399 g/mol. The van der Waals surface area contributed by atoms with E-state index in [0.717, 1.165) is 56.8 Å². The Bertz CT molecular complexity index is 874. The predicted molar refractivity (Wildman–Crippen MR) is 111 cm³/mol. The summed E-state index contributed by atoms with van der Waals surface area (Å²) in [5, 5.41) is 3.58. The van der Waals surface area contributed by atoms with E-state index in [1.165, 1.54) is 16.2 Å². The number of primary amides is 1. The molecule has 3 N–H and O–H groups in total. The van der Waals surface area contributed by atoms with E-state index in [0.29, 0.717) is 10.6 Å². The van der Waals surface area contributed by atoms with Crippen LogP contribution in [0.15, 0.2) is 24.4 Å². The summed E-state index contributed by atoms with van der Waals surface area (Å²) in [5.74, 6) is 0.429. The molecule has 1 atom stereocenters. The van der Waals surface area contributed by atoms with E-state index in [9.17, 15) is 9.59 Å². The number of carbonyl (C=O) groups is 2. The zero-order chi connectivity index (χ0) is 19.7. The molecule has 3 heterocycles. The number of amides is 2. The van der Waals surface area contributed by atoms with E-state index in [1.54, 1.807) is 6.20 Å². The number of carbonyl (C=O) groups excluding carboxylic acids is 2. The van der Waals surface area contributed by atoms with Gasteiger partial charge in [-0.1, -0.05) is 6.07 Å². The Kier molecular flexibility index (Phi) is 5.32. The van der Waals surface area contributed by atoms with Gasteiger partial charge in [0.25, 0.3) is 5.91 Å². The lowest BCUT2D eigenvalue weighted by Crippen LogP contribution is -2.53. The van der Waals surface area contributed by atoms with Crippen molar-refractivity contribution in [3.05, 3.63) is 40.4 Å². The molecule has 0 saturated carbocycles. The first-order valence-corrected chi connectivity index (χ1v) is 10.5. The van der Waals surface area contributed by atoms with Crippen LogP contribution >= 0.6 is 11.3 Å². The third-order valence-electron chi connectivity index (χ3n) is 5.62. The van der Waals surface area contributed by atoms with Crippen molar-refractivity contribution in [3.63, 3.8) is 0 Å². The number of hydrogen-bond donors (Lipinski definition) is 2. The van der Waals surface area contributed by atoms with Crippen LogP contribution in [-0.4, -0.2) is 53.9 Å². The van der Waals surface area contributed by atoms with E-state index < -0.39 is 5.91 Å². The summed E-state index contributed by atoms with van der Waals surface area (Å²) in [6.07, 6.45) is 4.67. The summed E-state index contributed by atoms with van der Waals surface area (Å²) in [5.41, 5.74) is 7.14. The Balaban J connectivity index is 1.39. The van der Waals surface area contributed by atoms with Gasteiger partial charge in [0.05, 0.1) is 11.6 Å². The molecule has 2 aromatic heterocycles. The maximum Gasteiger partial charge on any atom is 0.251 e. The second-order valence-corrected chi connectivity index (χ2v) is 8.41. The molecule has 0 bridgehead atoms. The number of aromatic nitrogens is 1. The molecule has 148 valence electrons. The van der Waals surface area contributed by atoms with E-state index >= 15 is 0 Å². The molecule has 8 heteroatoms. The van der Waals surface area contributed by atoms with Gasteiger partial charge in [0.1, 0.15) is 10.8 Å². The normalized spacial score (nSPS) is 18.0. The van der Waals surface area contributed by atoms with E-state index in [4.69, 9.17) is 5.73 Å². The average molecular weight is 400 g/mol. The zero-order valence-corrected chi connectivity index (χ0v) is 16.8. The van der Waals surface area contributed by atoms with Crippen molar-refractivity contribution in [1.29, 1.82) is 0 Å². The van der Waals surface area contributed by atoms with Gasteiger partial charge in [0.15, 0.2) is 0 Å². The van der Waals surface area contributed by atoms with E-state index in [2.05, 4.69) is 20.1 Å². The van der Waals surface area contributed by atoms with Crippen molar-refractivity contribution in [2.45, 2.75) is 32.2 Å². The fourth-order valence-electron chi connectivity index (χ4n) is 4.01. The topological polar surface area (TPSA) is 91.6 Å². The smallest absolute Gasteiger partial charge is 0.251 e. The van der Waals surface area contributed by atoms with Gasteiger partial charge < -0.3 is 16.0 Å². The van der Waals surface area contributed by atoms with Gasteiger partial charge in [-0.2, -0.15) is 0 Å². The van der Waals surface area contributed by atoms with Crippen molar-refractivity contribution >= 4 is 34.0 Å². The summed E-state index contributed by atoms with van der Waals surface area (Å²) in [6.45, 7) is 5.14. The van der Waals surface area contributed by atoms with Crippen LogP contribution in [-0.2, 0) is 17.6 Å². The van der Waals surface area contributed by atoms with Gasteiger partial charge >= 0.3 is 0 Å². The number of nitrogens with zero attached hydrogens (tertiary/aromatic N) is 3. The SMILES string of the molecule is C[C@H](C(=O)Nc1sc2c(c1C(N)=O)CCC2)N1CCN(c2ccccn2)CC1. The van der Waals surface area contributed by atoms with Crippen LogP contribution in [0.25, 0.3) is 0 Å². The van der Waals surface area contributed by atoms with Crippen LogP contribution in [0.4, 0.5) is 10.8 Å². The molecule has 2 aromatic rings. The van der Waals surface area contributed by atoms with Crippen LogP contribution in [0.2, 0.25) is 0 Å². The maximum atomic E-state index is 12.8. The second-order valence-electron chi connectivity index (χ2n) is 7.30. The Hall–Kier alpha value is -2.45. The molecule has 0 radical (unpaired) electrons. The second kappa shape index (κ2) is 7.89. The molecule has 0 aromatic carbocycles. The third-order valence-corrected chi connectivity index (χ3v) is 6.83. The summed E-state index contributed by atoms with van der Waals surface area (Å²) in [7, 11) is 0. The highest BCUT2D eigenvalue weighted by molar-refractivity contribution is 7.17. The van der Waals surface area contributed by atoms with Crippen LogP contribution in [0.5, 0.6) is 0 Å². The minimum absolute atomic E-state index is 0.0892. The fourth-order valence-corrected chi connectivity index (χ4v) is 5.31. The minimum atomic E-state index is -0.452. The molecule has 2 amide bonds. The number of rotatable bonds is 5. The molecule has 4 rings (SSSR count). The van der Waals surface area contributed by atoms with Gasteiger partial charge in [-0.05, 0) is 43.9 Å². The number of fused-ring (bicyclic) bond motifs is 1. The van der Waals surface area contributed by atoms with Crippen LogP contribution < -0.4 is 16.0 Å². The van der Waals surface area contributed by atoms with Crippen molar-refractivity contribution in [3.8, 4) is 0 Å². The first-order valence-electron chi connectivity index (χ1n) is 9.70. The number of anilines is 2. The molecule has 2 aliphatic rings. The van der Waals surface area contributed by atoms with Gasteiger partial charge in [-0.15, -0.1) is 11.3 Å². The van der Waals surface area contributed by atoms with Gasteiger partial charge in [0.2, 0.25) is 5.91 Å². The number of aryl methyl sites for hydroxylation is 1. The lowest BCUT2D eigenvalue weighted by atomic mass is 10.1. The highest BCUT2D eigenvalue weighted by Crippen LogP contribution is 2.38. The molecular weight excluding hydrogens is 374 g/mol. The fraction of sp³-hybridized carbons (Fsp3) is 0.450. The maximum absolute atomic E-state index is 12.8. The Morgan fingerprint density at radius 3 is 2.68 bits per heavy atom. The number of nitrogens with two attached hydrogens (primary N) is 1. The van der Waals surface area contributed by atoms with E-state index in [-0.39, 0.29) is 11.9 Å². The summed E-state index contributed by atoms with van der Waals surface area (Å²) >= 11 is 1.50. The largest absolute Gasteiger partial charge is 0.365 e. The molecule has 1 aliphatic heterocycles. The van der Waals surface area contributed by atoms with Crippen molar-refractivity contribution in [2.75, 3.05) is 36.4 Å². The molecule has 0 unspecified atom stereocenters. The Morgan fingerprint density at radius 2 is 2.00 bits per heavy atom. The van der Waals surface area contributed by atoms with Crippen molar-refractivity contribution in [2.24, 2.45) is 5.73 Å². The van der Waals surface area contributed by atoms with Crippen LogP contribution in [0, 0.1) is 0 Å². The van der Waals surface area contributed by atoms with Crippen LogP contribution in [0.3, 0.4) is 0 Å². The van der Waals surface area contributed by atoms with E-state index in [1.807, 2.05) is 25.1 Å². The molecular formula is C20H25N5O2S. The Labute approximate surface area is 168 Å². The first-order chi connectivity index (χ1) is 13.5. The Morgan fingerprint density at radius 1 is 1.21 bits per heavy atom. The highest BCUT2D eigenvalue weighted by atomic mass is 32.1. The third kappa shape index (κ3) is 3.62. The molecule has 28 heavy (non-hydrogen) atoms. The first kappa shape index (κ1) is 18.9. The predicted octanol–water partition coefficient (Wildman–Crippen LogP) is 1.88. The summed E-state index contributed by atoms with van der Waals surface area (Å²) in [6, 6.07) is 5.63. The lowest BCUT2D eigenvalue weighted by Gasteiger charge is -2.37. The number of thiophene rings is 1. The molecule has 7 nitrogen and oxygen atoms in total. The van der Waals surface area contributed by atoms with Crippen molar-refractivity contribution < 1.29 is 9.59 Å². The molecule has 1 aliphatic carbocycles. The summed E-state index contributed by atoms with van der Waals surface area (Å²) < 4.78 is 0. The van der Waals surface area contributed by atoms with Crippen LogP contribution in [0.1, 0.15) is 34.1 Å². The molecule has 1 fully saturated rings. The van der Waals surface area contributed by atoms with Gasteiger partial charge in [-0.25, -0.2) is 4.98 Å². The minimum Gasteiger partial charge on any atom is -0.365 e. The summed E-state index contributed by atoms with van der Waals surface area (Å²) in [4.78, 5) is 34.7. The van der Waals surface area contributed by atoms with Gasteiger partial charge in [0, 0.05) is 37.3 Å².